The normalized spacial score (nSPS) is 15.6. The summed E-state index contributed by atoms with van der Waals surface area (Å²) < 4.78 is 5.99. The largest absolute Gasteiger partial charge is 0.468 e. The average molecular weight is 280 g/mol. The summed E-state index contributed by atoms with van der Waals surface area (Å²) in [5.41, 5.74) is 0.586. The second-order valence-electron chi connectivity index (χ2n) is 4.83. The maximum Gasteiger partial charge on any atom is 0.327 e. The summed E-state index contributed by atoms with van der Waals surface area (Å²) in [4.78, 5) is 25.0. The van der Waals surface area contributed by atoms with E-state index in [1.807, 2.05) is 4.90 Å². The number of hydrogen-bond donors (Lipinski definition) is 1. The van der Waals surface area contributed by atoms with E-state index < -0.39 is 0 Å². The summed E-state index contributed by atoms with van der Waals surface area (Å²) in [5, 5.41) is 6.81. The third kappa shape index (κ3) is 3.97. The molecule has 1 aromatic heterocycles. The predicted octanol–water partition coefficient (Wildman–Crippen LogP) is 1.46. The van der Waals surface area contributed by atoms with Crippen LogP contribution in [0.3, 0.4) is 0 Å². The van der Waals surface area contributed by atoms with E-state index in [2.05, 4.69) is 15.2 Å². The average Bonchev–Trinajstić information content (AvgIpc) is 2.71. The van der Waals surface area contributed by atoms with Gasteiger partial charge in [0, 0.05) is 19.3 Å². The molecular formula is C13H20N4O3. The molecule has 7 nitrogen and oxygen atoms in total. The summed E-state index contributed by atoms with van der Waals surface area (Å²) in [5.74, 6) is -0.376. The van der Waals surface area contributed by atoms with E-state index in [1.165, 1.54) is 30.8 Å². The fourth-order valence-electron chi connectivity index (χ4n) is 2.19. The third-order valence-electron chi connectivity index (χ3n) is 3.30. The quantitative estimate of drug-likeness (QED) is 0.850. The molecule has 20 heavy (non-hydrogen) atoms. The molecule has 7 heteroatoms. The number of carbonyl (C=O) groups excluding carboxylic acids is 2. The van der Waals surface area contributed by atoms with Gasteiger partial charge in [0.15, 0.2) is 0 Å². The van der Waals surface area contributed by atoms with Gasteiger partial charge in [0.1, 0.15) is 6.54 Å². The van der Waals surface area contributed by atoms with Gasteiger partial charge in [0.2, 0.25) is 0 Å². The van der Waals surface area contributed by atoms with E-state index in [9.17, 15) is 9.59 Å². The van der Waals surface area contributed by atoms with Gasteiger partial charge in [-0.15, -0.1) is 0 Å². The molecule has 1 fully saturated rings. The van der Waals surface area contributed by atoms with Gasteiger partial charge in [-0.1, -0.05) is 12.8 Å². The zero-order valence-corrected chi connectivity index (χ0v) is 11.7. The number of urea groups is 1. The van der Waals surface area contributed by atoms with Crippen LogP contribution >= 0.6 is 0 Å². The van der Waals surface area contributed by atoms with Crippen molar-refractivity contribution in [2.24, 2.45) is 0 Å². The second-order valence-corrected chi connectivity index (χ2v) is 4.83. The fraction of sp³-hybridized carbons (Fsp3) is 0.615. The first-order valence-corrected chi connectivity index (χ1v) is 6.84. The highest BCUT2D eigenvalue weighted by atomic mass is 16.5. The maximum absolute atomic E-state index is 12.1. The molecule has 0 unspecified atom stereocenters. The summed E-state index contributed by atoms with van der Waals surface area (Å²) >= 11 is 0. The lowest BCUT2D eigenvalue weighted by atomic mass is 10.2. The van der Waals surface area contributed by atoms with E-state index in [0.29, 0.717) is 5.69 Å². The van der Waals surface area contributed by atoms with E-state index in [4.69, 9.17) is 0 Å². The van der Waals surface area contributed by atoms with Gasteiger partial charge >= 0.3 is 12.0 Å². The van der Waals surface area contributed by atoms with E-state index in [0.717, 1.165) is 25.9 Å². The molecule has 1 saturated heterocycles. The SMILES string of the molecule is COC(=O)Cn1cc(NC(=O)N2CCCCCC2)cn1. The summed E-state index contributed by atoms with van der Waals surface area (Å²) in [6.45, 7) is 1.63. The highest BCUT2D eigenvalue weighted by Gasteiger charge is 2.16. The number of amides is 2. The van der Waals surface area contributed by atoms with Gasteiger partial charge in [-0.25, -0.2) is 4.79 Å². The first-order valence-electron chi connectivity index (χ1n) is 6.84. The topological polar surface area (TPSA) is 76.5 Å². The van der Waals surface area contributed by atoms with Crippen LogP contribution < -0.4 is 5.32 Å². The molecule has 0 aliphatic carbocycles. The molecular weight excluding hydrogens is 260 g/mol. The number of carbonyl (C=O) groups is 2. The van der Waals surface area contributed by atoms with E-state index >= 15 is 0 Å². The zero-order chi connectivity index (χ0) is 14.4. The van der Waals surface area contributed by atoms with Crippen molar-refractivity contribution in [1.82, 2.24) is 14.7 Å². The molecule has 0 saturated carbocycles. The van der Waals surface area contributed by atoms with Crippen LogP contribution in [0.2, 0.25) is 0 Å². The summed E-state index contributed by atoms with van der Waals surface area (Å²) in [6.07, 6.45) is 7.61. The number of aromatic nitrogens is 2. The predicted molar refractivity (Wildman–Crippen MR) is 73.3 cm³/mol. The minimum atomic E-state index is -0.376. The first-order chi connectivity index (χ1) is 9.69. The van der Waals surface area contributed by atoms with E-state index in [-0.39, 0.29) is 18.5 Å². The Morgan fingerprint density at radius 3 is 2.65 bits per heavy atom. The molecule has 1 aromatic rings. The number of rotatable bonds is 3. The highest BCUT2D eigenvalue weighted by Crippen LogP contribution is 2.12. The van der Waals surface area contributed by atoms with Crippen molar-refractivity contribution in [2.75, 3.05) is 25.5 Å². The highest BCUT2D eigenvalue weighted by molar-refractivity contribution is 5.89. The summed E-state index contributed by atoms with van der Waals surface area (Å²) in [6, 6.07) is -0.107. The lowest BCUT2D eigenvalue weighted by Gasteiger charge is -2.20. The standard InChI is InChI=1S/C13H20N4O3/c1-20-12(18)10-17-9-11(8-14-17)15-13(19)16-6-4-2-3-5-7-16/h8-9H,2-7,10H2,1H3,(H,15,19). The second kappa shape index (κ2) is 6.93. The van der Waals surface area contributed by atoms with Gasteiger partial charge in [-0.2, -0.15) is 5.10 Å². The van der Waals surface area contributed by atoms with Crippen LogP contribution in [-0.4, -0.2) is 46.9 Å². The molecule has 110 valence electrons. The minimum absolute atomic E-state index is 0.0378. The molecule has 1 N–H and O–H groups in total. The minimum Gasteiger partial charge on any atom is -0.468 e. The number of esters is 1. The van der Waals surface area contributed by atoms with Gasteiger partial charge in [0.25, 0.3) is 0 Å². The smallest absolute Gasteiger partial charge is 0.327 e. The Kier molecular flexibility index (Phi) is 4.97. The number of hydrogen-bond acceptors (Lipinski definition) is 4. The first kappa shape index (κ1) is 14.4. The Bertz CT molecular complexity index is 464. The van der Waals surface area contributed by atoms with Crippen LogP contribution in [0.5, 0.6) is 0 Å². The molecule has 2 heterocycles. The Morgan fingerprint density at radius 2 is 2.00 bits per heavy atom. The number of ether oxygens (including phenoxy) is 1. The van der Waals surface area contributed by atoms with Crippen LogP contribution in [0.1, 0.15) is 25.7 Å². The molecule has 0 spiro atoms. The van der Waals surface area contributed by atoms with Crippen molar-refractivity contribution in [3.8, 4) is 0 Å². The lowest BCUT2D eigenvalue weighted by Crippen LogP contribution is -2.35. The molecule has 1 aliphatic heterocycles. The monoisotopic (exact) mass is 280 g/mol. The van der Waals surface area contributed by atoms with E-state index in [1.54, 1.807) is 6.20 Å². The third-order valence-corrected chi connectivity index (χ3v) is 3.30. The summed E-state index contributed by atoms with van der Waals surface area (Å²) in [7, 11) is 1.33. The zero-order valence-electron chi connectivity index (χ0n) is 11.7. The van der Waals surface area contributed by atoms with Gasteiger partial charge in [-0.3, -0.25) is 9.48 Å². The Labute approximate surface area is 117 Å². The van der Waals surface area contributed by atoms with Crippen molar-refractivity contribution in [3.05, 3.63) is 12.4 Å². The Hall–Kier alpha value is -2.05. The van der Waals surface area contributed by atoms with Crippen LogP contribution in [0.25, 0.3) is 0 Å². The van der Waals surface area contributed by atoms with Crippen molar-refractivity contribution >= 4 is 17.7 Å². The van der Waals surface area contributed by atoms with Crippen LogP contribution in [0, 0.1) is 0 Å². The van der Waals surface area contributed by atoms with Gasteiger partial charge in [0.05, 0.1) is 19.0 Å². The molecule has 0 atom stereocenters. The van der Waals surface area contributed by atoms with Crippen LogP contribution in [-0.2, 0) is 16.1 Å². The number of nitrogens with zero attached hydrogens (tertiary/aromatic N) is 3. The molecule has 0 aromatic carbocycles. The van der Waals surface area contributed by atoms with Crippen LogP contribution in [0.15, 0.2) is 12.4 Å². The van der Waals surface area contributed by atoms with Crippen molar-refractivity contribution < 1.29 is 14.3 Å². The van der Waals surface area contributed by atoms with Gasteiger partial charge < -0.3 is 15.0 Å². The van der Waals surface area contributed by atoms with Gasteiger partial charge in [-0.05, 0) is 12.8 Å². The number of anilines is 1. The molecule has 2 rings (SSSR count). The molecule has 0 radical (unpaired) electrons. The van der Waals surface area contributed by atoms with Crippen molar-refractivity contribution in [2.45, 2.75) is 32.2 Å². The Balaban J connectivity index is 1.89. The fourth-order valence-corrected chi connectivity index (χ4v) is 2.19. The molecule has 0 bridgehead atoms. The number of nitrogens with one attached hydrogen (secondary N) is 1. The van der Waals surface area contributed by atoms with Crippen LogP contribution in [0.4, 0.5) is 10.5 Å². The molecule has 2 amide bonds. The van der Waals surface area contributed by atoms with Crippen molar-refractivity contribution in [1.29, 1.82) is 0 Å². The lowest BCUT2D eigenvalue weighted by molar-refractivity contribution is -0.141. The number of methoxy groups -OCH3 is 1. The molecule has 1 aliphatic rings. The number of likely N-dealkylation sites (tertiary alicyclic amines) is 1. The maximum atomic E-state index is 12.1. The Morgan fingerprint density at radius 1 is 1.30 bits per heavy atom. The van der Waals surface area contributed by atoms with Crippen molar-refractivity contribution in [3.63, 3.8) is 0 Å².